The second-order valence-corrected chi connectivity index (χ2v) is 6.69. The highest BCUT2D eigenvalue weighted by Crippen LogP contribution is 2.46. The third kappa shape index (κ3) is 2.66. The molecule has 0 spiro atoms. The Labute approximate surface area is 133 Å². The van der Waals surface area contributed by atoms with Crippen LogP contribution in [-0.2, 0) is 15.1 Å². The minimum atomic E-state index is -0.932. The molecular weight excluding hydrogens is 278 g/mol. The summed E-state index contributed by atoms with van der Waals surface area (Å²) in [5.41, 5.74) is 0.274. The van der Waals surface area contributed by atoms with Crippen molar-refractivity contribution in [3.05, 3.63) is 29.3 Å². The van der Waals surface area contributed by atoms with Crippen LogP contribution in [-0.4, -0.2) is 24.2 Å². The fraction of sp³-hybridized carbons (Fsp3) is 0.611. The number of carbonyl (C=O) groups excluding carboxylic acids is 1. The summed E-state index contributed by atoms with van der Waals surface area (Å²) >= 11 is 0. The van der Waals surface area contributed by atoms with Crippen LogP contribution >= 0.6 is 0 Å². The van der Waals surface area contributed by atoms with Crippen molar-refractivity contribution < 1.29 is 14.3 Å². The standard InChI is InChI=1S/C18H27NO3/c1-7-10-21-18(6)14-9-8-13(4)11-15(14)22-16(20)17(18,5)19-12(2)3/h8-9,11-12,19H,7,10H2,1-6H3. The lowest BCUT2D eigenvalue weighted by atomic mass is 9.74. The zero-order chi connectivity index (χ0) is 16.5. The average molecular weight is 305 g/mol. The van der Waals surface area contributed by atoms with Gasteiger partial charge >= 0.3 is 5.97 Å². The summed E-state index contributed by atoms with van der Waals surface area (Å²) in [6, 6.07) is 6.07. The first-order valence-electron chi connectivity index (χ1n) is 7.99. The number of hydrogen-bond donors (Lipinski definition) is 1. The number of aryl methyl sites for hydroxylation is 1. The molecular formula is C18H27NO3. The molecule has 1 aliphatic rings. The molecule has 4 nitrogen and oxygen atoms in total. The lowest BCUT2D eigenvalue weighted by molar-refractivity contribution is -0.169. The summed E-state index contributed by atoms with van der Waals surface area (Å²) in [6.07, 6.45) is 0.892. The number of nitrogens with one attached hydrogen (secondary N) is 1. The smallest absolute Gasteiger partial charge is 0.334 e. The summed E-state index contributed by atoms with van der Waals surface area (Å²) in [7, 11) is 0. The SMILES string of the molecule is CCCOC1(C)c2ccc(C)cc2OC(=O)C1(C)NC(C)C. The summed E-state index contributed by atoms with van der Waals surface area (Å²) in [5.74, 6) is 0.310. The minimum absolute atomic E-state index is 0.133. The van der Waals surface area contributed by atoms with Gasteiger partial charge in [-0.05, 0) is 52.7 Å². The van der Waals surface area contributed by atoms with Crippen molar-refractivity contribution in [1.29, 1.82) is 0 Å². The highest BCUT2D eigenvalue weighted by Gasteiger charge is 2.58. The molecule has 1 aromatic carbocycles. The van der Waals surface area contributed by atoms with Gasteiger partial charge in [0.25, 0.3) is 0 Å². The Hall–Kier alpha value is -1.39. The second-order valence-electron chi connectivity index (χ2n) is 6.69. The topological polar surface area (TPSA) is 47.6 Å². The van der Waals surface area contributed by atoms with Gasteiger partial charge in [-0.2, -0.15) is 0 Å². The number of hydrogen-bond acceptors (Lipinski definition) is 4. The van der Waals surface area contributed by atoms with Crippen LogP contribution in [0.4, 0.5) is 0 Å². The first kappa shape index (κ1) is 17.0. The van der Waals surface area contributed by atoms with Crippen molar-refractivity contribution in [2.75, 3.05) is 6.61 Å². The number of esters is 1. The first-order chi connectivity index (χ1) is 10.2. The molecule has 0 amide bonds. The molecule has 122 valence electrons. The molecule has 0 saturated heterocycles. The van der Waals surface area contributed by atoms with E-state index in [9.17, 15) is 4.79 Å². The minimum Gasteiger partial charge on any atom is -0.425 e. The van der Waals surface area contributed by atoms with E-state index in [4.69, 9.17) is 9.47 Å². The Balaban J connectivity index is 2.59. The van der Waals surface area contributed by atoms with Crippen LogP contribution in [0.15, 0.2) is 18.2 Å². The quantitative estimate of drug-likeness (QED) is 0.670. The van der Waals surface area contributed by atoms with Crippen LogP contribution in [0.3, 0.4) is 0 Å². The normalized spacial score (nSPS) is 27.7. The van der Waals surface area contributed by atoms with E-state index >= 15 is 0 Å². The predicted octanol–water partition coefficient (Wildman–Crippen LogP) is 3.31. The predicted molar refractivity (Wildman–Crippen MR) is 87.1 cm³/mol. The zero-order valence-corrected chi connectivity index (χ0v) is 14.4. The molecule has 22 heavy (non-hydrogen) atoms. The number of fused-ring (bicyclic) bond motifs is 1. The molecule has 0 fully saturated rings. The monoisotopic (exact) mass is 305 g/mol. The Bertz CT molecular complexity index is 569. The molecule has 0 saturated carbocycles. The maximum atomic E-state index is 12.7. The second kappa shape index (κ2) is 6.01. The highest BCUT2D eigenvalue weighted by atomic mass is 16.6. The molecule has 0 aliphatic carbocycles. The number of carbonyl (C=O) groups is 1. The van der Waals surface area contributed by atoms with Gasteiger partial charge in [0.2, 0.25) is 0 Å². The number of ether oxygens (including phenoxy) is 2. The maximum absolute atomic E-state index is 12.7. The van der Waals surface area contributed by atoms with Gasteiger partial charge in [-0.3, -0.25) is 5.32 Å². The van der Waals surface area contributed by atoms with Gasteiger partial charge in [0.15, 0.2) is 0 Å². The van der Waals surface area contributed by atoms with Crippen LogP contribution in [0.25, 0.3) is 0 Å². The fourth-order valence-electron chi connectivity index (χ4n) is 3.08. The highest BCUT2D eigenvalue weighted by molar-refractivity contribution is 5.87. The third-order valence-electron chi connectivity index (χ3n) is 4.39. The maximum Gasteiger partial charge on any atom is 0.334 e. The van der Waals surface area contributed by atoms with Gasteiger partial charge in [-0.15, -0.1) is 0 Å². The lowest BCUT2D eigenvalue weighted by Gasteiger charge is -2.49. The van der Waals surface area contributed by atoms with E-state index in [-0.39, 0.29) is 12.0 Å². The van der Waals surface area contributed by atoms with Crippen LogP contribution in [0.1, 0.15) is 52.2 Å². The van der Waals surface area contributed by atoms with Gasteiger partial charge in [-0.25, -0.2) is 4.79 Å². The van der Waals surface area contributed by atoms with E-state index < -0.39 is 11.1 Å². The van der Waals surface area contributed by atoms with Gasteiger partial charge in [0, 0.05) is 18.2 Å². The zero-order valence-electron chi connectivity index (χ0n) is 14.4. The van der Waals surface area contributed by atoms with Crippen molar-refractivity contribution in [2.24, 2.45) is 0 Å². The first-order valence-corrected chi connectivity index (χ1v) is 7.99. The molecule has 0 bridgehead atoms. The van der Waals surface area contributed by atoms with Gasteiger partial charge in [0.05, 0.1) is 0 Å². The van der Waals surface area contributed by atoms with Crippen molar-refractivity contribution >= 4 is 5.97 Å². The molecule has 4 heteroatoms. The Morgan fingerprint density at radius 3 is 2.59 bits per heavy atom. The van der Waals surface area contributed by atoms with Crippen molar-refractivity contribution in [2.45, 2.75) is 65.1 Å². The summed E-state index contributed by atoms with van der Waals surface area (Å²) in [5, 5.41) is 3.36. The molecule has 0 aromatic heterocycles. The van der Waals surface area contributed by atoms with Gasteiger partial charge < -0.3 is 9.47 Å². The van der Waals surface area contributed by atoms with Crippen LogP contribution in [0.5, 0.6) is 5.75 Å². The third-order valence-corrected chi connectivity index (χ3v) is 4.39. The molecule has 0 radical (unpaired) electrons. The Kier molecular flexibility index (Phi) is 4.64. The molecule has 2 rings (SSSR count). The van der Waals surface area contributed by atoms with E-state index in [0.29, 0.717) is 12.4 Å². The molecule has 2 atom stereocenters. The average Bonchev–Trinajstić information content (AvgIpc) is 2.42. The Morgan fingerprint density at radius 1 is 1.32 bits per heavy atom. The van der Waals surface area contributed by atoms with Crippen LogP contribution in [0.2, 0.25) is 0 Å². The van der Waals surface area contributed by atoms with Crippen LogP contribution < -0.4 is 10.1 Å². The van der Waals surface area contributed by atoms with Crippen molar-refractivity contribution in [1.82, 2.24) is 5.32 Å². The van der Waals surface area contributed by atoms with E-state index in [1.165, 1.54) is 0 Å². The summed E-state index contributed by atoms with van der Waals surface area (Å²) in [6.45, 7) is 12.5. The van der Waals surface area contributed by atoms with E-state index in [2.05, 4.69) is 12.2 Å². The summed E-state index contributed by atoms with van der Waals surface area (Å²) < 4.78 is 11.8. The number of benzene rings is 1. The molecule has 2 unspecified atom stereocenters. The molecule has 1 N–H and O–H groups in total. The van der Waals surface area contributed by atoms with Gasteiger partial charge in [0.1, 0.15) is 16.9 Å². The number of rotatable bonds is 5. The fourth-order valence-corrected chi connectivity index (χ4v) is 3.08. The summed E-state index contributed by atoms with van der Waals surface area (Å²) in [4.78, 5) is 12.7. The van der Waals surface area contributed by atoms with E-state index in [1.54, 1.807) is 0 Å². The van der Waals surface area contributed by atoms with Gasteiger partial charge in [-0.1, -0.05) is 19.1 Å². The van der Waals surface area contributed by atoms with Crippen LogP contribution in [0, 0.1) is 6.92 Å². The van der Waals surface area contributed by atoms with E-state index in [0.717, 1.165) is 17.5 Å². The van der Waals surface area contributed by atoms with E-state index in [1.807, 2.05) is 52.8 Å². The van der Waals surface area contributed by atoms with Crippen molar-refractivity contribution in [3.63, 3.8) is 0 Å². The lowest BCUT2D eigenvalue weighted by Crippen LogP contribution is -2.68. The molecule has 1 heterocycles. The molecule has 1 aromatic rings. The Morgan fingerprint density at radius 2 is 2.00 bits per heavy atom. The van der Waals surface area contributed by atoms with Crippen molar-refractivity contribution in [3.8, 4) is 5.75 Å². The largest absolute Gasteiger partial charge is 0.425 e. The molecule has 1 aliphatic heterocycles.